The van der Waals surface area contributed by atoms with Crippen LogP contribution in [0.15, 0.2) is 311 Å². The van der Waals surface area contributed by atoms with Crippen molar-refractivity contribution in [3.8, 4) is 124 Å². The maximum atomic E-state index is 6.38. The molecule has 0 N–H and O–H groups in total. The number of aryl methyl sites for hydroxylation is 13. The van der Waals surface area contributed by atoms with Gasteiger partial charge in [-0.25, -0.2) is 47.8 Å². The van der Waals surface area contributed by atoms with E-state index < -0.39 is 0 Å². The Labute approximate surface area is 810 Å². The van der Waals surface area contributed by atoms with Crippen LogP contribution < -0.4 is 22.8 Å². The van der Waals surface area contributed by atoms with Gasteiger partial charge in [-0.2, -0.15) is 0 Å². The first-order valence-electron chi connectivity index (χ1n) is 46.9. The van der Waals surface area contributed by atoms with E-state index in [0.29, 0.717) is 0 Å². The lowest BCUT2D eigenvalue weighted by atomic mass is 9.80. The van der Waals surface area contributed by atoms with Gasteiger partial charge < -0.3 is 40.5 Å². The van der Waals surface area contributed by atoms with E-state index in [9.17, 15) is 0 Å². The van der Waals surface area contributed by atoms with E-state index in [1.807, 2.05) is 192 Å². The molecule has 25 rings (SSSR count). The van der Waals surface area contributed by atoms with Crippen molar-refractivity contribution in [3.63, 3.8) is 0 Å². The van der Waals surface area contributed by atoms with Gasteiger partial charge in [-0.15, -0.1) is 0 Å². The molecule has 1 aliphatic carbocycles. The summed E-state index contributed by atoms with van der Waals surface area (Å²) in [6.07, 6.45) is 38.7. The number of rotatable bonds is 10. The van der Waals surface area contributed by atoms with Crippen LogP contribution in [0, 0.1) is 55.4 Å². The average Bonchev–Trinajstić information content (AvgIpc) is 1.55. The normalized spacial score (nSPS) is 12.1. The molecule has 0 amide bonds. The molecule has 0 fully saturated rings. The molecule has 140 heavy (non-hydrogen) atoms. The minimum atomic E-state index is -0.0539. The molecule has 1 aliphatic rings. The van der Waals surface area contributed by atoms with Gasteiger partial charge in [0.05, 0.1) is 40.2 Å². The predicted molar refractivity (Wildman–Crippen MR) is 552 cm³/mol. The Balaban J connectivity index is 0.000000104. The lowest BCUT2D eigenvalue weighted by Crippen LogP contribution is -2.30. The molecule has 18 aromatic heterocycles. The Kier molecular flexibility index (Phi) is 22.7. The van der Waals surface area contributed by atoms with Crippen molar-refractivity contribution >= 4 is 87.8 Å². The maximum Gasteiger partial charge on any atom is 0.216 e. The van der Waals surface area contributed by atoms with Crippen LogP contribution in [0.3, 0.4) is 0 Å². The first kappa shape index (κ1) is 89.5. The van der Waals surface area contributed by atoms with Gasteiger partial charge in [0.15, 0.2) is 42.2 Å². The van der Waals surface area contributed by atoms with E-state index in [1.165, 1.54) is 61.3 Å². The number of aromatic nitrogens is 19. The van der Waals surface area contributed by atoms with Gasteiger partial charge in [0.1, 0.15) is 97.9 Å². The smallest absolute Gasteiger partial charge is 0.216 e. The Hall–Kier alpha value is -17.1. The van der Waals surface area contributed by atoms with Crippen molar-refractivity contribution in [3.05, 3.63) is 350 Å². The number of hydrogen-bond acceptors (Lipinski definition) is 13. The summed E-state index contributed by atoms with van der Waals surface area (Å²) in [4.78, 5) is 40.7. The molecule has 23 heteroatoms. The van der Waals surface area contributed by atoms with Crippen molar-refractivity contribution in [2.45, 2.75) is 74.7 Å². The van der Waals surface area contributed by atoms with E-state index in [0.717, 1.165) is 207 Å². The number of nitrogens with zero attached hydrogens (tertiary/aromatic N) is 19. The van der Waals surface area contributed by atoms with Crippen LogP contribution in [-0.4, -0.2) is 67.7 Å². The molecule has 24 aromatic rings. The van der Waals surface area contributed by atoms with Crippen LogP contribution in [0.2, 0.25) is 0 Å². The molecule has 0 atom stereocenters. The SMILES string of the molecule is Cc1c(-c2nccn2C)cc2c(c1-c1cccc[n+]1C)-c1ccccc1C2(C)C.Cc1c(-c2nccn2C)cc2oc3cnccc3c2c1-c1cccc[n+]1C.Cc1cc2c(cn1)oc1c(-c3cccc[n+]3C)c(C)c(-c3nccn3C)cc12.Cc1cc2oc3c(-c4cccc[n+]4C)c(C)c(-c4nccn4C)cc3c2cn1.Cc1cc2oc3cc(-c4nccn4C)c(C)c(-c4cccc[n+]4C)c3c2cn1. The first-order chi connectivity index (χ1) is 67.7. The molecule has 0 aliphatic heterocycles. The zero-order valence-electron chi connectivity index (χ0n) is 82.3. The summed E-state index contributed by atoms with van der Waals surface area (Å²) >= 11 is 0. The Morgan fingerprint density at radius 3 is 1.04 bits per heavy atom. The summed E-state index contributed by atoms with van der Waals surface area (Å²) in [6.45, 7) is 21.5. The van der Waals surface area contributed by atoms with Crippen molar-refractivity contribution in [2.75, 3.05) is 0 Å². The van der Waals surface area contributed by atoms with E-state index >= 15 is 0 Å². The molecule has 0 saturated heterocycles. The van der Waals surface area contributed by atoms with Crippen LogP contribution in [-0.2, 0) is 75.9 Å². The monoisotopic (exact) mass is 1840 g/mol. The summed E-state index contributed by atoms with van der Waals surface area (Å²) in [5.41, 5.74) is 38.1. The first-order valence-corrected chi connectivity index (χ1v) is 46.9. The number of benzene rings is 6. The second-order valence-electron chi connectivity index (χ2n) is 37.3. The van der Waals surface area contributed by atoms with Gasteiger partial charge in [0, 0.05) is 288 Å². The standard InChI is InChI=1S/C26H26N3.3C23H21N4O.C22H19N4O/c1-17-19(25-27-13-15-29(25)5)16-21-24(23(17)22-12-8-9-14-28(22)4)18-10-6-7-11-20(18)26(21,2)3;1-14-11-19-17(13-25-14)22-20(28-19)12-16(23-24-8-10-27(23)4)15(2)21(22)18-7-5-6-9-26(18)3;1-14-11-20-18(13-25-14)17-12-16(23-24-8-10-27(23)4)15(2)21(22(17)28-20)19-7-5-6-9-26(19)3;1-14-11-17-18-12-16(23-24-8-10-27(23)4)15(2)21(19-7-5-6-9-26(19)3)22(18)28-20(17)13-25-14;1-14-16(22-24-9-11-26(22)3)12-18-21(15-7-8-23-13-19(15)27-18)20(14)17-6-4-5-10-25(17)2/h6-16H,1-5H3;3*5-13H,1-4H3;4-13H,1-3H3/q5*+1. The minimum Gasteiger partial charge on any atom is -0.456 e. The van der Waals surface area contributed by atoms with Gasteiger partial charge in [-0.1, -0.05) is 38.1 Å². The lowest BCUT2D eigenvalue weighted by molar-refractivity contribution is -0.660. The molecule has 0 bridgehead atoms. The topological polar surface area (TPSA) is 213 Å². The van der Waals surface area contributed by atoms with Crippen LogP contribution in [0.1, 0.15) is 69.9 Å². The Morgan fingerprint density at radius 1 is 0.257 bits per heavy atom. The largest absolute Gasteiger partial charge is 0.456 e. The zero-order valence-corrected chi connectivity index (χ0v) is 82.3. The van der Waals surface area contributed by atoms with E-state index in [-0.39, 0.29) is 5.41 Å². The van der Waals surface area contributed by atoms with Gasteiger partial charge in [-0.05, 0) is 173 Å². The summed E-state index contributed by atoms with van der Waals surface area (Å²) < 4.78 is 46.2. The van der Waals surface area contributed by atoms with E-state index in [4.69, 9.17) is 17.7 Å². The summed E-state index contributed by atoms with van der Waals surface area (Å²) in [7, 11) is 20.5. The number of pyridine rings is 9. The molecule has 0 saturated carbocycles. The van der Waals surface area contributed by atoms with Gasteiger partial charge >= 0.3 is 0 Å². The highest BCUT2D eigenvalue weighted by molar-refractivity contribution is 6.17. The fourth-order valence-corrected chi connectivity index (χ4v) is 20.7. The number of hydrogen-bond donors (Lipinski definition) is 0. The highest BCUT2D eigenvalue weighted by Crippen LogP contribution is 2.55. The number of imidazole rings is 5. The number of fused-ring (bicyclic) bond motifs is 15. The quantitative estimate of drug-likeness (QED) is 0.117. The highest BCUT2D eigenvalue weighted by Gasteiger charge is 2.41. The second kappa shape index (κ2) is 35.6. The molecule has 690 valence electrons. The van der Waals surface area contributed by atoms with Crippen molar-refractivity contribution in [2.24, 2.45) is 70.5 Å². The lowest BCUT2D eigenvalue weighted by Gasteiger charge is -2.23. The minimum absolute atomic E-state index is 0.0539. The van der Waals surface area contributed by atoms with Crippen molar-refractivity contribution < 1.29 is 40.5 Å². The fraction of sp³-hybridized carbons (Fsp3) is 0.179. The van der Waals surface area contributed by atoms with Crippen LogP contribution in [0.4, 0.5) is 0 Å². The molecule has 18 heterocycles. The number of furan rings is 4. The van der Waals surface area contributed by atoms with Crippen molar-refractivity contribution in [1.82, 2.24) is 67.7 Å². The average molecular weight is 1840 g/mol. The third-order valence-corrected chi connectivity index (χ3v) is 28.0. The Morgan fingerprint density at radius 2 is 0.600 bits per heavy atom. The predicted octanol–water partition coefficient (Wildman–Crippen LogP) is 22.8. The molecule has 6 aromatic carbocycles. The fourth-order valence-electron chi connectivity index (χ4n) is 20.7. The van der Waals surface area contributed by atoms with Crippen LogP contribution >= 0.6 is 0 Å². The zero-order chi connectivity index (χ0) is 97.1. The molecular weight excluding hydrogens is 1740 g/mol. The van der Waals surface area contributed by atoms with Gasteiger partial charge in [-0.3, -0.25) is 19.9 Å². The van der Waals surface area contributed by atoms with Crippen LogP contribution in [0.5, 0.6) is 0 Å². The van der Waals surface area contributed by atoms with Crippen LogP contribution in [0.25, 0.3) is 212 Å². The molecule has 23 nitrogen and oxygen atoms in total. The third kappa shape index (κ3) is 15.3. The summed E-state index contributed by atoms with van der Waals surface area (Å²) in [5.74, 6) is 4.74. The van der Waals surface area contributed by atoms with Gasteiger partial charge in [0.25, 0.3) is 0 Å². The molecular formula is C117H108N19O4+5. The summed E-state index contributed by atoms with van der Waals surface area (Å²) in [6, 6.07) is 59.3. The van der Waals surface area contributed by atoms with Gasteiger partial charge in [0.2, 0.25) is 28.5 Å². The highest BCUT2D eigenvalue weighted by atomic mass is 16.3. The maximum absolute atomic E-state index is 6.38. The van der Waals surface area contributed by atoms with E-state index in [2.05, 4.69) is 326 Å². The molecule has 0 spiro atoms. The summed E-state index contributed by atoms with van der Waals surface area (Å²) in [5, 5.41) is 8.58. The molecule has 0 radical (unpaired) electrons. The van der Waals surface area contributed by atoms with Crippen molar-refractivity contribution in [1.29, 1.82) is 0 Å². The molecule has 0 unspecified atom stereocenters. The third-order valence-electron chi connectivity index (χ3n) is 28.0. The second-order valence-corrected chi connectivity index (χ2v) is 37.3. The van der Waals surface area contributed by atoms with E-state index in [1.54, 1.807) is 6.20 Å². The Bertz CT molecular complexity index is 9000.